The van der Waals surface area contributed by atoms with Crippen LogP contribution in [0.4, 0.5) is 5.69 Å². The molecule has 0 aromatic heterocycles. The molecule has 2 aromatic carbocycles. The molecule has 1 fully saturated rings. The molecule has 3 rings (SSSR count). The van der Waals surface area contributed by atoms with Crippen molar-refractivity contribution in [1.29, 1.82) is 0 Å². The highest BCUT2D eigenvalue weighted by molar-refractivity contribution is 8.26. The predicted octanol–water partition coefficient (Wildman–Crippen LogP) is 3.70. The third-order valence-corrected chi connectivity index (χ3v) is 5.62. The van der Waals surface area contributed by atoms with E-state index < -0.39 is 0 Å². The van der Waals surface area contributed by atoms with Crippen LogP contribution in [0.15, 0.2) is 47.4 Å². The number of methoxy groups -OCH3 is 2. The molecule has 6 nitrogen and oxygen atoms in total. The standard InChI is InChI=1S/C20H20N2O4S2/c1-21(14-5-7-15(25-2)8-6-14)12-22-19(24)18(28-20(22)27)11-13-4-9-16(23)17(10-13)26-3/h4-11,23H,12H2,1-3H3. The molecule has 1 N–H and O–H groups in total. The Morgan fingerprint density at radius 1 is 1.18 bits per heavy atom. The van der Waals surface area contributed by atoms with E-state index in [4.69, 9.17) is 21.7 Å². The summed E-state index contributed by atoms with van der Waals surface area (Å²) >= 11 is 6.66. The molecule has 0 aliphatic carbocycles. The first-order valence-corrected chi connectivity index (χ1v) is 9.63. The first-order valence-electron chi connectivity index (χ1n) is 8.40. The maximum absolute atomic E-state index is 12.8. The summed E-state index contributed by atoms with van der Waals surface area (Å²) in [6.45, 7) is 0.341. The molecular weight excluding hydrogens is 396 g/mol. The fraction of sp³-hybridized carbons (Fsp3) is 0.200. The first kappa shape index (κ1) is 20.0. The van der Waals surface area contributed by atoms with Crippen LogP contribution in [-0.2, 0) is 4.79 Å². The summed E-state index contributed by atoms with van der Waals surface area (Å²) < 4.78 is 10.8. The van der Waals surface area contributed by atoms with Crippen molar-refractivity contribution in [3.63, 3.8) is 0 Å². The third kappa shape index (κ3) is 4.23. The molecule has 8 heteroatoms. The number of phenolic OH excluding ortho intramolecular Hbond substituents is 1. The Balaban J connectivity index is 1.75. The van der Waals surface area contributed by atoms with Gasteiger partial charge in [-0.2, -0.15) is 0 Å². The van der Waals surface area contributed by atoms with Crippen LogP contribution >= 0.6 is 24.0 Å². The van der Waals surface area contributed by atoms with Crippen LogP contribution in [0.3, 0.4) is 0 Å². The summed E-state index contributed by atoms with van der Waals surface area (Å²) in [5.74, 6) is 1.02. The Morgan fingerprint density at radius 3 is 2.54 bits per heavy atom. The zero-order valence-electron chi connectivity index (χ0n) is 15.7. The molecule has 0 atom stereocenters. The summed E-state index contributed by atoms with van der Waals surface area (Å²) in [5, 5.41) is 9.71. The van der Waals surface area contributed by atoms with Crippen molar-refractivity contribution in [3.8, 4) is 17.2 Å². The third-order valence-electron chi connectivity index (χ3n) is 4.24. The minimum Gasteiger partial charge on any atom is -0.504 e. The van der Waals surface area contributed by atoms with Crippen molar-refractivity contribution in [3.05, 3.63) is 52.9 Å². The zero-order valence-corrected chi connectivity index (χ0v) is 17.3. The first-order chi connectivity index (χ1) is 13.4. The monoisotopic (exact) mass is 416 g/mol. The van der Waals surface area contributed by atoms with Crippen LogP contribution in [0.25, 0.3) is 6.08 Å². The van der Waals surface area contributed by atoms with Gasteiger partial charge in [0.15, 0.2) is 11.5 Å². The lowest BCUT2D eigenvalue weighted by Crippen LogP contribution is -2.38. The van der Waals surface area contributed by atoms with E-state index in [1.54, 1.807) is 30.2 Å². The van der Waals surface area contributed by atoms with Crippen molar-refractivity contribution >= 4 is 46.0 Å². The quantitative estimate of drug-likeness (QED) is 0.569. The molecular formula is C20H20N2O4S2. The van der Waals surface area contributed by atoms with Gasteiger partial charge in [0.05, 0.1) is 25.8 Å². The number of thioether (sulfide) groups is 1. The maximum Gasteiger partial charge on any atom is 0.267 e. The fourth-order valence-electron chi connectivity index (χ4n) is 2.69. The van der Waals surface area contributed by atoms with Crippen molar-refractivity contribution in [1.82, 2.24) is 4.90 Å². The summed E-state index contributed by atoms with van der Waals surface area (Å²) in [4.78, 5) is 16.9. The lowest BCUT2D eigenvalue weighted by molar-refractivity contribution is -0.122. The minimum absolute atomic E-state index is 0.0494. The largest absolute Gasteiger partial charge is 0.504 e. The Kier molecular flexibility index (Phi) is 6.11. The highest BCUT2D eigenvalue weighted by Crippen LogP contribution is 2.34. The number of carbonyl (C=O) groups excluding carboxylic acids is 1. The van der Waals surface area contributed by atoms with Gasteiger partial charge >= 0.3 is 0 Å². The van der Waals surface area contributed by atoms with E-state index in [-0.39, 0.29) is 11.7 Å². The topological polar surface area (TPSA) is 62.2 Å². The van der Waals surface area contributed by atoms with E-state index >= 15 is 0 Å². The van der Waals surface area contributed by atoms with Crippen molar-refractivity contribution in [2.24, 2.45) is 0 Å². The van der Waals surface area contributed by atoms with Gasteiger partial charge in [-0.1, -0.05) is 30.0 Å². The molecule has 1 aliphatic heterocycles. The molecule has 1 heterocycles. The number of ether oxygens (including phenoxy) is 2. The molecule has 1 aliphatic rings. The Hall–Kier alpha value is -2.71. The number of hydrogen-bond acceptors (Lipinski definition) is 7. The van der Waals surface area contributed by atoms with Crippen LogP contribution in [0.1, 0.15) is 5.56 Å². The molecule has 0 radical (unpaired) electrons. The molecule has 0 unspecified atom stereocenters. The number of rotatable bonds is 6. The lowest BCUT2D eigenvalue weighted by Gasteiger charge is -2.25. The second-order valence-corrected chi connectivity index (χ2v) is 7.75. The number of nitrogens with zero attached hydrogens (tertiary/aromatic N) is 2. The molecule has 0 saturated carbocycles. The highest BCUT2D eigenvalue weighted by Gasteiger charge is 2.32. The van der Waals surface area contributed by atoms with Crippen LogP contribution < -0.4 is 14.4 Å². The van der Waals surface area contributed by atoms with Gasteiger partial charge in [-0.15, -0.1) is 0 Å². The molecule has 146 valence electrons. The molecule has 1 amide bonds. The SMILES string of the molecule is COc1ccc(N(C)CN2C(=O)C(=Cc3ccc(O)c(OC)c3)SC2=S)cc1. The van der Waals surface area contributed by atoms with Gasteiger partial charge in [0.25, 0.3) is 5.91 Å². The average molecular weight is 417 g/mol. The van der Waals surface area contributed by atoms with Crippen molar-refractivity contribution in [2.75, 3.05) is 32.8 Å². The van der Waals surface area contributed by atoms with E-state index in [0.29, 0.717) is 21.6 Å². The van der Waals surface area contributed by atoms with E-state index in [1.165, 1.54) is 24.9 Å². The smallest absolute Gasteiger partial charge is 0.267 e. The fourth-order valence-corrected chi connectivity index (χ4v) is 3.93. The summed E-state index contributed by atoms with van der Waals surface area (Å²) in [7, 11) is 5.00. The van der Waals surface area contributed by atoms with Gasteiger partial charge in [0.1, 0.15) is 10.1 Å². The molecule has 0 spiro atoms. The maximum atomic E-state index is 12.8. The number of thiocarbonyl (C=S) groups is 1. The lowest BCUT2D eigenvalue weighted by atomic mass is 10.2. The van der Waals surface area contributed by atoms with Crippen LogP contribution in [0, 0.1) is 0 Å². The minimum atomic E-state index is -0.151. The van der Waals surface area contributed by atoms with Crippen LogP contribution in [0.2, 0.25) is 0 Å². The number of amides is 1. The van der Waals surface area contributed by atoms with Crippen molar-refractivity contribution < 1.29 is 19.4 Å². The number of anilines is 1. The second kappa shape index (κ2) is 8.53. The van der Waals surface area contributed by atoms with E-state index in [1.807, 2.05) is 36.2 Å². The van der Waals surface area contributed by atoms with E-state index in [9.17, 15) is 9.90 Å². The number of carbonyl (C=O) groups is 1. The molecule has 0 bridgehead atoms. The summed E-state index contributed by atoms with van der Waals surface area (Å²) in [6.07, 6.45) is 1.74. The number of aromatic hydroxyl groups is 1. The van der Waals surface area contributed by atoms with Gasteiger partial charge < -0.3 is 19.5 Å². The van der Waals surface area contributed by atoms with Gasteiger partial charge in [-0.3, -0.25) is 9.69 Å². The normalized spacial score (nSPS) is 15.2. The number of phenols is 1. The average Bonchev–Trinajstić information content (AvgIpc) is 2.96. The van der Waals surface area contributed by atoms with Crippen LogP contribution in [0.5, 0.6) is 17.2 Å². The highest BCUT2D eigenvalue weighted by atomic mass is 32.2. The second-order valence-electron chi connectivity index (χ2n) is 6.08. The molecule has 2 aromatic rings. The summed E-state index contributed by atoms with van der Waals surface area (Å²) in [6, 6.07) is 12.5. The molecule has 28 heavy (non-hydrogen) atoms. The number of benzene rings is 2. The van der Waals surface area contributed by atoms with Crippen molar-refractivity contribution in [2.45, 2.75) is 0 Å². The van der Waals surface area contributed by atoms with Gasteiger partial charge in [-0.05, 0) is 48.0 Å². The Labute approximate surface area is 173 Å². The van der Waals surface area contributed by atoms with E-state index in [2.05, 4.69) is 0 Å². The van der Waals surface area contributed by atoms with Gasteiger partial charge in [0.2, 0.25) is 0 Å². The number of hydrogen-bond donors (Lipinski definition) is 1. The van der Waals surface area contributed by atoms with Gasteiger partial charge in [0, 0.05) is 12.7 Å². The zero-order chi connectivity index (χ0) is 20.3. The van der Waals surface area contributed by atoms with Gasteiger partial charge in [-0.25, -0.2) is 0 Å². The van der Waals surface area contributed by atoms with E-state index in [0.717, 1.165) is 17.0 Å². The Morgan fingerprint density at radius 2 is 1.89 bits per heavy atom. The predicted molar refractivity (Wildman–Crippen MR) is 116 cm³/mol. The molecule has 1 saturated heterocycles. The van der Waals surface area contributed by atoms with Crippen LogP contribution in [-0.4, -0.2) is 48.2 Å². The summed E-state index contributed by atoms with van der Waals surface area (Å²) in [5.41, 5.74) is 1.70. The Bertz CT molecular complexity index is 928.